The summed E-state index contributed by atoms with van der Waals surface area (Å²) in [5, 5.41) is 2.83. The average molecular weight is 513 g/mol. The first-order valence-electron chi connectivity index (χ1n) is 11.7. The van der Waals surface area contributed by atoms with Crippen molar-refractivity contribution in [3.05, 3.63) is 130 Å². The zero-order chi connectivity index (χ0) is 26.6. The molecule has 5 rings (SSSR count). The van der Waals surface area contributed by atoms with Crippen molar-refractivity contribution in [3.8, 4) is 11.1 Å². The van der Waals surface area contributed by atoms with E-state index in [1.54, 1.807) is 12.3 Å². The van der Waals surface area contributed by atoms with Gasteiger partial charge in [-0.1, -0.05) is 66.7 Å². The molecule has 2 aromatic heterocycles. The molecule has 0 saturated carbocycles. The van der Waals surface area contributed by atoms with Gasteiger partial charge in [-0.15, -0.1) is 4.73 Å². The lowest BCUT2D eigenvalue weighted by atomic mass is 10.0. The molecule has 0 radical (unpaired) electrons. The fourth-order valence-corrected chi connectivity index (χ4v) is 4.04. The lowest BCUT2D eigenvalue weighted by Gasteiger charge is -2.16. The van der Waals surface area contributed by atoms with Crippen molar-refractivity contribution in [2.45, 2.75) is 13.2 Å². The Balaban J connectivity index is 1.58. The van der Waals surface area contributed by atoms with Gasteiger partial charge in [0.25, 0.3) is 11.5 Å². The number of carbonyl (C=O) groups is 1. The number of pyridine rings is 2. The lowest BCUT2D eigenvalue weighted by molar-refractivity contribution is 0.0898. The number of rotatable bonds is 7. The second-order valence-corrected chi connectivity index (χ2v) is 8.53. The van der Waals surface area contributed by atoms with E-state index in [-0.39, 0.29) is 35.6 Å². The Hall–Kier alpha value is -5.05. The van der Waals surface area contributed by atoms with Crippen molar-refractivity contribution >= 4 is 22.6 Å². The molecule has 0 bridgehead atoms. The van der Waals surface area contributed by atoms with E-state index in [0.29, 0.717) is 11.5 Å². The van der Waals surface area contributed by atoms with Crippen molar-refractivity contribution in [3.63, 3.8) is 0 Å². The topological polar surface area (TPSA) is 99.2 Å². The van der Waals surface area contributed by atoms with Crippen molar-refractivity contribution in [1.29, 1.82) is 0 Å². The van der Waals surface area contributed by atoms with Crippen LogP contribution in [0.15, 0.2) is 95.9 Å². The molecule has 3 aromatic carbocycles. The van der Waals surface area contributed by atoms with E-state index in [1.165, 1.54) is 6.07 Å². The highest BCUT2D eigenvalue weighted by Crippen LogP contribution is 2.27. The van der Waals surface area contributed by atoms with E-state index in [0.717, 1.165) is 27.5 Å². The molecule has 9 heteroatoms. The highest BCUT2D eigenvalue weighted by atomic mass is 19.1. The van der Waals surface area contributed by atoms with E-state index >= 15 is 0 Å². The number of amides is 1. The van der Waals surface area contributed by atoms with Crippen LogP contribution in [-0.2, 0) is 13.2 Å². The number of anilines is 1. The normalized spacial score (nSPS) is 10.9. The molecule has 0 saturated heterocycles. The molecule has 0 aliphatic carbocycles. The first-order valence-corrected chi connectivity index (χ1v) is 11.7. The van der Waals surface area contributed by atoms with Crippen LogP contribution < -0.4 is 21.4 Å². The molecule has 2 heterocycles. The Morgan fingerprint density at radius 1 is 0.947 bits per heavy atom. The van der Waals surface area contributed by atoms with Gasteiger partial charge in [0.2, 0.25) is 0 Å². The van der Waals surface area contributed by atoms with Gasteiger partial charge in [-0.05, 0) is 23.3 Å². The summed E-state index contributed by atoms with van der Waals surface area (Å²) >= 11 is 0. The molecule has 38 heavy (non-hydrogen) atoms. The maximum atomic E-state index is 14.1. The summed E-state index contributed by atoms with van der Waals surface area (Å²) in [7, 11) is 0. The molecule has 0 fully saturated rings. The number of fused-ring (bicyclic) bond motifs is 1. The Labute approximate surface area is 216 Å². The van der Waals surface area contributed by atoms with Crippen molar-refractivity contribution in [2.75, 3.05) is 5.73 Å². The Morgan fingerprint density at radius 2 is 1.66 bits per heavy atom. The second kappa shape index (κ2) is 10.5. The molecular weight excluding hydrogens is 490 g/mol. The number of nitrogens with two attached hydrogens (primary N) is 1. The van der Waals surface area contributed by atoms with Gasteiger partial charge in [0.1, 0.15) is 23.8 Å². The van der Waals surface area contributed by atoms with Gasteiger partial charge in [-0.3, -0.25) is 9.59 Å². The molecule has 1 amide bonds. The summed E-state index contributed by atoms with van der Waals surface area (Å²) in [5.74, 6) is -2.39. The van der Waals surface area contributed by atoms with Crippen LogP contribution in [0, 0.1) is 11.6 Å². The van der Waals surface area contributed by atoms with Gasteiger partial charge in [-0.25, -0.2) is 13.8 Å². The van der Waals surface area contributed by atoms with Crippen LogP contribution in [0.5, 0.6) is 0 Å². The summed E-state index contributed by atoms with van der Waals surface area (Å²) in [6, 6.07) is 23.3. The van der Waals surface area contributed by atoms with Crippen LogP contribution in [0.4, 0.5) is 14.5 Å². The van der Waals surface area contributed by atoms with Gasteiger partial charge in [-0.2, -0.15) is 0 Å². The van der Waals surface area contributed by atoms with Gasteiger partial charge in [0, 0.05) is 35.3 Å². The first-order chi connectivity index (χ1) is 18.4. The third-order valence-electron chi connectivity index (χ3n) is 6.01. The zero-order valence-electron chi connectivity index (χ0n) is 20.0. The number of nitrogens with zero attached hydrogens (tertiary/aromatic N) is 2. The predicted octanol–water partition coefficient (Wildman–Crippen LogP) is 4.48. The Bertz CT molecular complexity index is 1690. The van der Waals surface area contributed by atoms with Gasteiger partial charge >= 0.3 is 0 Å². The number of hydrogen-bond acceptors (Lipinski definition) is 5. The smallest absolute Gasteiger partial charge is 0.300 e. The van der Waals surface area contributed by atoms with E-state index < -0.39 is 23.1 Å². The minimum absolute atomic E-state index is 0.0315. The largest absolute Gasteiger partial charge is 0.404 e. The molecule has 0 unspecified atom stereocenters. The number of carbonyl (C=O) groups excluding carboxylic acids is 1. The number of benzene rings is 3. The van der Waals surface area contributed by atoms with Crippen LogP contribution in [0.1, 0.15) is 21.5 Å². The molecule has 0 spiro atoms. The number of aromatic nitrogens is 2. The van der Waals surface area contributed by atoms with Crippen molar-refractivity contribution < 1.29 is 18.4 Å². The van der Waals surface area contributed by atoms with Crippen molar-refractivity contribution in [2.24, 2.45) is 0 Å². The monoisotopic (exact) mass is 512 g/mol. The number of hydrogen-bond donors (Lipinski definition) is 2. The van der Waals surface area contributed by atoms with Crippen LogP contribution in [0.3, 0.4) is 0 Å². The van der Waals surface area contributed by atoms with Crippen LogP contribution in [-0.4, -0.2) is 15.6 Å². The molecule has 0 atom stereocenters. The third kappa shape index (κ3) is 4.94. The van der Waals surface area contributed by atoms with Crippen LogP contribution >= 0.6 is 0 Å². The lowest BCUT2D eigenvalue weighted by Crippen LogP contribution is -2.37. The van der Waals surface area contributed by atoms with Gasteiger partial charge in [0.15, 0.2) is 5.65 Å². The second-order valence-electron chi connectivity index (χ2n) is 8.53. The standard InChI is InChI=1S/C29H22F2N4O3/c30-22-12-11-20(24(31)14-22)15-34-28(36)25-26(32)23-13-21(19-9-5-2-6-10-19)16-33-27(23)35(29(25)37)38-17-18-7-3-1-4-8-18/h1-14,16H,15,17,32H2,(H,34,36). The maximum absolute atomic E-state index is 14.1. The van der Waals surface area contributed by atoms with E-state index in [1.807, 2.05) is 60.7 Å². The highest BCUT2D eigenvalue weighted by molar-refractivity contribution is 6.06. The number of nitrogens with one attached hydrogen (secondary N) is 1. The predicted molar refractivity (Wildman–Crippen MR) is 140 cm³/mol. The quantitative estimate of drug-likeness (QED) is 0.335. The summed E-state index contributed by atoms with van der Waals surface area (Å²) < 4.78 is 28.3. The molecule has 5 aromatic rings. The Morgan fingerprint density at radius 3 is 2.37 bits per heavy atom. The molecule has 0 aliphatic heterocycles. The van der Waals surface area contributed by atoms with E-state index in [4.69, 9.17) is 10.6 Å². The minimum Gasteiger partial charge on any atom is -0.404 e. The molecular formula is C29H22F2N4O3. The third-order valence-corrected chi connectivity index (χ3v) is 6.01. The van der Waals surface area contributed by atoms with E-state index in [2.05, 4.69) is 10.3 Å². The summed E-state index contributed by atoms with van der Waals surface area (Å²) in [4.78, 5) is 36.9. The van der Waals surface area contributed by atoms with Crippen LogP contribution in [0.2, 0.25) is 0 Å². The van der Waals surface area contributed by atoms with E-state index in [9.17, 15) is 18.4 Å². The SMILES string of the molecule is Nc1c(C(=O)NCc2ccc(F)cc2F)c(=O)n(OCc2ccccc2)c2ncc(-c3ccccc3)cc12. The number of nitrogen functional groups attached to an aromatic ring is 1. The first kappa shape index (κ1) is 24.6. The average Bonchev–Trinajstić information content (AvgIpc) is 2.93. The Kier molecular flexibility index (Phi) is 6.82. The maximum Gasteiger partial charge on any atom is 0.300 e. The summed E-state index contributed by atoms with van der Waals surface area (Å²) in [6.45, 7) is -0.251. The summed E-state index contributed by atoms with van der Waals surface area (Å²) in [6.07, 6.45) is 1.59. The molecule has 0 aliphatic rings. The van der Waals surface area contributed by atoms with Crippen molar-refractivity contribution in [1.82, 2.24) is 15.0 Å². The molecule has 190 valence electrons. The van der Waals surface area contributed by atoms with Gasteiger partial charge < -0.3 is 15.9 Å². The van der Waals surface area contributed by atoms with Crippen LogP contribution in [0.25, 0.3) is 22.2 Å². The van der Waals surface area contributed by atoms with Gasteiger partial charge in [0.05, 0.1) is 5.69 Å². The summed E-state index contributed by atoms with van der Waals surface area (Å²) in [5.41, 5.74) is 7.66. The zero-order valence-corrected chi connectivity index (χ0v) is 20.0. The number of halogens is 2. The fourth-order valence-electron chi connectivity index (χ4n) is 4.04. The minimum atomic E-state index is -0.833. The molecule has 7 nitrogen and oxygen atoms in total. The fraction of sp³-hybridized carbons (Fsp3) is 0.0690. The highest BCUT2D eigenvalue weighted by Gasteiger charge is 2.23. The molecule has 3 N–H and O–H groups in total.